The molecule has 0 saturated carbocycles. The van der Waals surface area contributed by atoms with Crippen LogP contribution in [0.2, 0.25) is 0 Å². The Morgan fingerprint density at radius 3 is 3.00 bits per heavy atom. The van der Waals surface area contributed by atoms with Gasteiger partial charge in [-0.2, -0.15) is 11.8 Å². The molecule has 0 aliphatic heterocycles. The molecule has 0 aliphatic rings. The maximum atomic E-state index is 12.0. The number of aryl methyl sites for hydroxylation is 1. The van der Waals surface area contributed by atoms with Gasteiger partial charge in [0.1, 0.15) is 0 Å². The number of hydrogen-bond acceptors (Lipinski definition) is 4. The first-order chi connectivity index (χ1) is 8.19. The largest absolute Gasteiger partial charge is 0.365 e. The van der Waals surface area contributed by atoms with E-state index in [-0.39, 0.29) is 5.56 Å². The summed E-state index contributed by atoms with van der Waals surface area (Å²) in [7, 11) is 0. The molecular formula is C12H21N3OS. The normalized spacial score (nSPS) is 12.4. The van der Waals surface area contributed by atoms with E-state index in [1.165, 1.54) is 0 Å². The average Bonchev–Trinajstić information content (AvgIpc) is 2.31. The summed E-state index contributed by atoms with van der Waals surface area (Å²) >= 11 is 1.82. The van der Waals surface area contributed by atoms with Gasteiger partial charge in [0.25, 0.3) is 5.56 Å². The molecule has 1 aromatic rings. The minimum atomic E-state index is -0.0225. The molecule has 1 heterocycles. The summed E-state index contributed by atoms with van der Waals surface area (Å²) in [4.78, 5) is 16.1. The third kappa shape index (κ3) is 4.42. The molecule has 0 saturated heterocycles. The zero-order chi connectivity index (χ0) is 12.7. The Bertz CT molecular complexity index is 392. The molecule has 4 nitrogen and oxygen atoms in total. The van der Waals surface area contributed by atoms with Crippen LogP contribution < -0.4 is 10.9 Å². The molecular weight excluding hydrogens is 234 g/mol. The van der Waals surface area contributed by atoms with Crippen LogP contribution in [0.3, 0.4) is 0 Å². The van der Waals surface area contributed by atoms with E-state index in [1.54, 1.807) is 17.0 Å². The molecule has 0 radical (unpaired) electrons. The van der Waals surface area contributed by atoms with E-state index < -0.39 is 0 Å². The van der Waals surface area contributed by atoms with Crippen molar-refractivity contribution in [3.05, 3.63) is 22.7 Å². The molecule has 0 fully saturated rings. The van der Waals surface area contributed by atoms with Crippen molar-refractivity contribution >= 4 is 17.6 Å². The zero-order valence-corrected chi connectivity index (χ0v) is 11.6. The van der Waals surface area contributed by atoms with Crippen molar-refractivity contribution in [1.29, 1.82) is 0 Å². The molecule has 1 N–H and O–H groups in total. The predicted molar refractivity (Wildman–Crippen MR) is 74.8 cm³/mol. The molecule has 96 valence electrons. The lowest BCUT2D eigenvalue weighted by molar-refractivity contribution is 0.645. The lowest BCUT2D eigenvalue weighted by atomic mass is 10.2. The zero-order valence-electron chi connectivity index (χ0n) is 10.8. The molecule has 17 heavy (non-hydrogen) atoms. The maximum Gasteiger partial charge on any atom is 0.293 e. The van der Waals surface area contributed by atoms with Gasteiger partial charge in [-0.3, -0.25) is 4.79 Å². The fourth-order valence-corrected chi connectivity index (χ4v) is 2.29. The third-order valence-corrected chi connectivity index (χ3v) is 3.35. The summed E-state index contributed by atoms with van der Waals surface area (Å²) in [6.07, 6.45) is 6.46. The van der Waals surface area contributed by atoms with Gasteiger partial charge in [-0.25, -0.2) is 4.98 Å². The van der Waals surface area contributed by atoms with E-state index in [0.29, 0.717) is 11.7 Å². The van der Waals surface area contributed by atoms with Crippen LogP contribution >= 0.6 is 11.8 Å². The molecule has 0 aliphatic carbocycles. The number of thioether (sulfide) groups is 1. The van der Waals surface area contributed by atoms with Crippen molar-refractivity contribution in [1.82, 2.24) is 9.55 Å². The van der Waals surface area contributed by atoms with E-state index in [9.17, 15) is 4.79 Å². The lowest BCUT2D eigenvalue weighted by Gasteiger charge is -2.12. The second kappa shape index (κ2) is 7.37. The number of hydrogen-bond donors (Lipinski definition) is 1. The summed E-state index contributed by atoms with van der Waals surface area (Å²) in [5.74, 6) is 2.09. The van der Waals surface area contributed by atoms with E-state index in [0.717, 1.165) is 25.3 Å². The quantitative estimate of drug-likeness (QED) is 0.810. The van der Waals surface area contributed by atoms with Crippen molar-refractivity contribution < 1.29 is 0 Å². The molecule has 0 amide bonds. The van der Waals surface area contributed by atoms with Gasteiger partial charge in [0.05, 0.1) is 0 Å². The summed E-state index contributed by atoms with van der Waals surface area (Å²) in [6.45, 7) is 5.76. The van der Waals surface area contributed by atoms with Gasteiger partial charge >= 0.3 is 0 Å². The van der Waals surface area contributed by atoms with Crippen LogP contribution in [-0.2, 0) is 6.54 Å². The Labute approximate surface area is 107 Å². The van der Waals surface area contributed by atoms with Crippen LogP contribution in [0.5, 0.6) is 0 Å². The Kier molecular flexibility index (Phi) is 6.11. The van der Waals surface area contributed by atoms with E-state index in [1.807, 2.05) is 11.8 Å². The van der Waals surface area contributed by atoms with Gasteiger partial charge in [0.15, 0.2) is 5.82 Å². The van der Waals surface area contributed by atoms with Crippen LogP contribution in [0.15, 0.2) is 17.2 Å². The van der Waals surface area contributed by atoms with Crippen LogP contribution in [0, 0.1) is 5.92 Å². The topological polar surface area (TPSA) is 46.9 Å². The van der Waals surface area contributed by atoms with Crippen LogP contribution in [0.4, 0.5) is 5.82 Å². The van der Waals surface area contributed by atoms with Crippen molar-refractivity contribution in [3.63, 3.8) is 0 Å². The highest BCUT2D eigenvalue weighted by molar-refractivity contribution is 7.98. The van der Waals surface area contributed by atoms with Crippen molar-refractivity contribution in [2.75, 3.05) is 23.9 Å². The summed E-state index contributed by atoms with van der Waals surface area (Å²) in [5, 5.41) is 3.14. The molecule has 0 aromatic carbocycles. The fraction of sp³-hybridized carbons (Fsp3) is 0.667. The van der Waals surface area contributed by atoms with Crippen LogP contribution in [-0.4, -0.2) is 28.1 Å². The first-order valence-corrected chi connectivity index (χ1v) is 7.36. The van der Waals surface area contributed by atoms with Gasteiger partial charge in [-0.1, -0.05) is 13.8 Å². The molecule has 1 unspecified atom stereocenters. The molecule has 5 heteroatoms. The Morgan fingerprint density at radius 2 is 2.35 bits per heavy atom. The predicted octanol–water partition coefficient (Wildman–Crippen LogP) is 2.06. The first-order valence-electron chi connectivity index (χ1n) is 5.97. The van der Waals surface area contributed by atoms with E-state index >= 15 is 0 Å². The van der Waals surface area contributed by atoms with Gasteiger partial charge in [0.2, 0.25) is 0 Å². The number of nitrogens with one attached hydrogen (secondary N) is 1. The van der Waals surface area contributed by atoms with Gasteiger partial charge in [0, 0.05) is 25.5 Å². The Hall–Kier alpha value is -0.970. The highest BCUT2D eigenvalue weighted by Crippen LogP contribution is 2.05. The fourth-order valence-electron chi connectivity index (χ4n) is 1.60. The average molecular weight is 255 g/mol. The first kappa shape index (κ1) is 14.1. The molecule has 0 bridgehead atoms. The lowest BCUT2D eigenvalue weighted by Crippen LogP contribution is -2.26. The third-order valence-electron chi connectivity index (χ3n) is 2.45. The summed E-state index contributed by atoms with van der Waals surface area (Å²) < 4.78 is 1.70. The van der Waals surface area contributed by atoms with Crippen molar-refractivity contribution in [2.45, 2.75) is 26.8 Å². The second-order valence-corrected chi connectivity index (χ2v) is 5.13. The molecule has 0 spiro atoms. The van der Waals surface area contributed by atoms with Crippen LogP contribution in [0.25, 0.3) is 0 Å². The number of aromatic nitrogens is 2. The minimum Gasteiger partial charge on any atom is -0.365 e. The van der Waals surface area contributed by atoms with Gasteiger partial charge in [-0.05, 0) is 24.3 Å². The van der Waals surface area contributed by atoms with Gasteiger partial charge in [-0.15, -0.1) is 0 Å². The highest BCUT2D eigenvalue weighted by atomic mass is 32.2. The van der Waals surface area contributed by atoms with E-state index in [2.05, 4.69) is 30.4 Å². The SMILES string of the molecule is CCCn1ccnc(NCC(C)CSC)c1=O. The monoisotopic (exact) mass is 255 g/mol. The van der Waals surface area contributed by atoms with E-state index in [4.69, 9.17) is 0 Å². The molecule has 1 rings (SSSR count). The maximum absolute atomic E-state index is 12.0. The van der Waals surface area contributed by atoms with Crippen molar-refractivity contribution in [2.24, 2.45) is 5.92 Å². The van der Waals surface area contributed by atoms with Gasteiger partial charge < -0.3 is 9.88 Å². The molecule has 1 aromatic heterocycles. The molecule has 1 atom stereocenters. The number of nitrogens with zero attached hydrogens (tertiary/aromatic N) is 2. The summed E-state index contributed by atoms with van der Waals surface area (Å²) in [6, 6.07) is 0. The Morgan fingerprint density at radius 1 is 1.59 bits per heavy atom. The van der Waals surface area contributed by atoms with Crippen LogP contribution in [0.1, 0.15) is 20.3 Å². The summed E-state index contributed by atoms with van der Waals surface area (Å²) in [5.41, 5.74) is -0.0225. The highest BCUT2D eigenvalue weighted by Gasteiger charge is 2.06. The standard InChI is InChI=1S/C12H21N3OS/c1-4-6-15-7-5-13-11(12(15)16)14-8-10(2)9-17-3/h5,7,10H,4,6,8-9H2,1-3H3,(H,13,14). The number of anilines is 1. The minimum absolute atomic E-state index is 0.0225. The van der Waals surface area contributed by atoms with Crippen molar-refractivity contribution in [3.8, 4) is 0 Å². The Balaban J connectivity index is 2.65. The number of rotatable bonds is 7. The smallest absolute Gasteiger partial charge is 0.293 e. The second-order valence-electron chi connectivity index (χ2n) is 4.22.